The summed E-state index contributed by atoms with van der Waals surface area (Å²) < 4.78 is 0. The van der Waals surface area contributed by atoms with Crippen molar-refractivity contribution >= 4 is 23.6 Å². The second kappa shape index (κ2) is 9.67. The maximum atomic E-state index is 12.7. The summed E-state index contributed by atoms with van der Waals surface area (Å²) in [4.78, 5) is 26.1. The Kier molecular flexibility index (Phi) is 7.72. The summed E-state index contributed by atoms with van der Waals surface area (Å²) in [7, 11) is 0. The molecule has 1 atom stereocenters. The van der Waals surface area contributed by atoms with Gasteiger partial charge in [0.15, 0.2) is 0 Å². The average Bonchev–Trinajstić information content (AvgIpc) is 2.63. The van der Waals surface area contributed by atoms with Crippen molar-refractivity contribution < 1.29 is 14.7 Å². The highest BCUT2D eigenvalue weighted by atomic mass is 32.2. The number of benzene rings is 2. The molecule has 30 heavy (non-hydrogen) atoms. The molecule has 0 aliphatic heterocycles. The van der Waals surface area contributed by atoms with Gasteiger partial charge in [0, 0.05) is 27.3 Å². The lowest BCUT2D eigenvalue weighted by atomic mass is 10.0. The molecule has 0 aliphatic rings. The van der Waals surface area contributed by atoms with Crippen LogP contribution in [-0.4, -0.2) is 33.8 Å². The maximum Gasteiger partial charge on any atom is 0.252 e. The van der Waals surface area contributed by atoms with Gasteiger partial charge in [-0.2, -0.15) is 0 Å². The SMILES string of the molecule is CC(C)(C)NC(=O)c1ccccc1SC[C@H](O)c1ccccc1C(=O)NC(C)(C)C. The summed E-state index contributed by atoms with van der Waals surface area (Å²) in [6.07, 6.45) is -0.851. The second-order valence-electron chi connectivity index (χ2n) is 9.32. The van der Waals surface area contributed by atoms with Crippen LogP contribution >= 0.6 is 11.8 Å². The van der Waals surface area contributed by atoms with E-state index in [0.29, 0.717) is 22.4 Å². The number of hydrogen-bond donors (Lipinski definition) is 3. The van der Waals surface area contributed by atoms with E-state index in [1.165, 1.54) is 11.8 Å². The van der Waals surface area contributed by atoms with E-state index in [0.717, 1.165) is 4.90 Å². The zero-order valence-corrected chi connectivity index (χ0v) is 19.4. The molecule has 0 aliphatic carbocycles. The van der Waals surface area contributed by atoms with Gasteiger partial charge in [-0.15, -0.1) is 11.8 Å². The molecule has 162 valence electrons. The van der Waals surface area contributed by atoms with E-state index in [1.807, 2.05) is 65.8 Å². The van der Waals surface area contributed by atoms with Gasteiger partial charge in [0.25, 0.3) is 11.8 Å². The molecule has 0 saturated carbocycles. The molecule has 0 unspecified atom stereocenters. The minimum Gasteiger partial charge on any atom is -0.388 e. The van der Waals surface area contributed by atoms with E-state index in [1.54, 1.807) is 24.3 Å². The van der Waals surface area contributed by atoms with Gasteiger partial charge < -0.3 is 15.7 Å². The fourth-order valence-electron chi connectivity index (χ4n) is 2.85. The largest absolute Gasteiger partial charge is 0.388 e. The minimum atomic E-state index is -0.851. The highest BCUT2D eigenvalue weighted by Crippen LogP contribution is 2.29. The molecule has 2 aromatic carbocycles. The van der Waals surface area contributed by atoms with Crippen LogP contribution in [0.1, 0.15) is 73.9 Å². The van der Waals surface area contributed by atoms with E-state index < -0.39 is 6.10 Å². The average molecular weight is 429 g/mol. The summed E-state index contributed by atoms with van der Waals surface area (Å²) in [5.41, 5.74) is 0.891. The van der Waals surface area contributed by atoms with Crippen molar-refractivity contribution in [3.63, 3.8) is 0 Å². The lowest BCUT2D eigenvalue weighted by molar-refractivity contribution is 0.0906. The number of carbonyl (C=O) groups is 2. The summed E-state index contributed by atoms with van der Waals surface area (Å²) >= 11 is 1.40. The van der Waals surface area contributed by atoms with E-state index in [2.05, 4.69) is 10.6 Å². The lowest BCUT2D eigenvalue weighted by Gasteiger charge is -2.23. The first-order valence-corrected chi connectivity index (χ1v) is 11.0. The van der Waals surface area contributed by atoms with Crippen LogP contribution in [0, 0.1) is 0 Å². The second-order valence-corrected chi connectivity index (χ2v) is 10.4. The molecule has 0 radical (unpaired) electrons. The van der Waals surface area contributed by atoms with E-state index in [4.69, 9.17) is 0 Å². The number of hydrogen-bond acceptors (Lipinski definition) is 4. The molecule has 0 bridgehead atoms. The summed E-state index contributed by atoms with van der Waals surface area (Å²) in [6, 6.07) is 14.4. The molecule has 2 aromatic rings. The Morgan fingerprint density at radius 2 is 1.30 bits per heavy atom. The zero-order chi connectivity index (χ0) is 22.5. The first-order valence-electron chi connectivity index (χ1n) is 10.0. The van der Waals surface area contributed by atoms with E-state index in [9.17, 15) is 14.7 Å². The third kappa shape index (κ3) is 7.18. The summed E-state index contributed by atoms with van der Waals surface area (Å²) in [6.45, 7) is 11.6. The van der Waals surface area contributed by atoms with Gasteiger partial charge in [0.05, 0.1) is 11.7 Å². The predicted octanol–water partition coefficient (Wildman–Crippen LogP) is 4.57. The smallest absolute Gasteiger partial charge is 0.252 e. The molecule has 5 nitrogen and oxygen atoms in total. The summed E-state index contributed by atoms with van der Waals surface area (Å²) in [5.74, 6) is -0.0447. The molecule has 0 saturated heterocycles. The molecule has 0 spiro atoms. The lowest BCUT2D eigenvalue weighted by Crippen LogP contribution is -2.41. The number of amides is 2. The number of carbonyl (C=O) groups excluding carboxylic acids is 2. The molecule has 2 amide bonds. The number of aliphatic hydroxyl groups excluding tert-OH is 1. The van der Waals surface area contributed by atoms with Gasteiger partial charge >= 0.3 is 0 Å². The van der Waals surface area contributed by atoms with Crippen LogP contribution in [0.2, 0.25) is 0 Å². The quantitative estimate of drug-likeness (QED) is 0.589. The fraction of sp³-hybridized carbons (Fsp3) is 0.417. The number of thioether (sulfide) groups is 1. The Morgan fingerprint density at radius 3 is 1.87 bits per heavy atom. The van der Waals surface area contributed by atoms with Crippen LogP contribution in [0.4, 0.5) is 0 Å². The van der Waals surface area contributed by atoms with Crippen molar-refractivity contribution in [2.24, 2.45) is 0 Å². The Hall–Kier alpha value is -2.31. The number of rotatable bonds is 6. The van der Waals surface area contributed by atoms with Crippen molar-refractivity contribution in [3.05, 3.63) is 65.2 Å². The van der Waals surface area contributed by atoms with Crippen LogP contribution in [0.25, 0.3) is 0 Å². The Morgan fingerprint density at radius 1 is 0.833 bits per heavy atom. The first-order chi connectivity index (χ1) is 13.9. The van der Waals surface area contributed by atoms with Crippen molar-refractivity contribution in [3.8, 4) is 0 Å². The molecule has 6 heteroatoms. The van der Waals surface area contributed by atoms with Crippen LogP contribution in [0.3, 0.4) is 0 Å². The predicted molar refractivity (Wildman–Crippen MR) is 123 cm³/mol. The zero-order valence-electron chi connectivity index (χ0n) is 18.6. The monoisotopic (exact) mass is 428 g/mol. The fourth-order valence-corrected chi connectivity index (χ4v) is 3.86. The Bertz CT molecular complexity index is 898. The van der Waals surface area contributed by atoms with Crippen LogP contribution < -0.4 is 10.6 Å². The molecule has 0 aromatic heterocycles. The van der Waals surface area contributed by atoms with Crippen molar-refractivity contribution in [1.29, 1.82) is 0 Å². The van der Waals surface area contributed by atoms with Crippen molar-refractivity contribution in [2.75, 3.05) is 5.75 Å². The highest BCUT2D eigenvalue weighted by molar-refractivity contribution is 7.99. The van der Waals surface area contributed by atoms with Crippen LogP contribution in [-0.2, 0) is 0 Å². The molecule has 2 rings (SSSR count). The van der Waals surface area contributed by atoms with E-state index >= 15 is 0 Å². The van der Waals surface area contributed by atoms with Crippen molar-refractivity contribution in [1.82, 2.24) is 10.6 Å². The van der Waals surface area contributed by atoms with Crippen molar-refractivity contribution in [2.45, 2.75) is 63.6 Å². The van der Waals surface area contributed by atoms with Gasteiger partial charge in [-0.3, -0.25) is 9.59 Å². The highest BCUT2D eigenvalue weighted by Gasteiger charge is 2.22. The third-order valence-electron chi connectivity index (χ3n) is 4.07. The molecular formula is C24H32N2O3S. The topological polar surface area (TPSA) is 78.4 Å². The minimum absolute atomic E-state index is 0.148. The van der Waals surface area contributed by atoms with Crippen LogP contribution in [0.5, 0.6) is 0 Å². The Labute approximate surface area is 183 Å². The first kappa shape index (κ1) is 24.0. The number of aliphatic hydroxyl groups is 1. The summed E-state index contributed by atoms with van der Waals surface area (Å²) in [5, 5.41) is 16.7. The van der Waals surface area contributed by atoms with Gasteiger partial charge in [-0.05, 0) is 65.3 Å². The van der Waals surface area contributed by atoms with Gasteiger partial charge in [0.2, 0.25) is 0 Å². The van der Waals surface area contributed by atoms with Crippen LogP contribution in [0.15, 0.2) is 53.4 Å². The third-order valence-corrected chi connectivity index (χ3v) is 5.22. The number of nitrogens with one attached hydrogen (secondary N) is 2. The van der Waals surface area contributed by atoms with Gasteiger partial charge in [0.1, 0.15) is 0 Å². The Balaban J connectivity index is 2.17. The molecule has 0 heterocycles. The normalized spacial score (nSPS) is 12.9. The molecule has 3 N–H and O–H groups in total. The van der Waals surface area contributed by atoms with Gasteiger partial charge in [-0.1, -0.05) is 30.3 Å². The standard InChI is InChI=1S/C24H32N2O3S/c1-23(2,3)25-21(28)17-12-8-7-11-16(17)19(27)15-30-20-14-10-9-13-18(20)22(29)26-24(4,5)6/h7-14,19,27H,15H2,1-6H3,(H,25,28)(H,26,29)/t19-/m0/s1. The van der Waals surface area contributed by atoms with Gasteiger partial charge in [-0.25, -0.2) is 0 Å². The van der Waals surface area contributed by atoms with E-state index in [-0.39, 0.29) is 22.9 Å². The maximum absolute atomic E-state index is 12.7. The molecule has 0 fully saturated rings. The molecular weight excluding hydrogens is 396 g/mol.